The molecule has 1 heterocycles. The van der Waals surface area contributed by atoms with Crippen LogP contribution in [0.1, 0.15) is 29.9 Å². The molecule has 0 N–H and O–H groups in total. The van der Waals surface area contributed by atoms with E-state index in [9.17, 15) is 4.79 Å². The monoisotopic (exact) mass is 323 g/mol. The topological polar surface area (TPSA) is 39.2 Å². The Kier molecular flexibility index (Phi) is 5.21. The average Bonchev–Trinajstić information content (AvgIpc) is 2.49. The summed E-state index contributed by atoms with van der Waals surface area (Å²) >= 11 is 12.2. The van der Waals surface area contributed by atoms with Crippen molar-refractivity contribution in [3.63, 3.8) is 0 Å². The minimum atomic E-state index is -0.356. The molecule has 0 amide bonds. The Morgan fingerprint density at radius 3 is 2.62 bits per heavy atom. The predicted octanol–water partition coefficient (Wildman–Crippen LogP) is 4.79. The van der Waals surface area contributed by atoms with Gasteiger partial charge in [-0.2, -0.15) is 0 Å². The highest BCUT2D eigenvalue weighted by Crippen LogP contribution is 2.32. The van der Waals surface area contributed by atoms with Crippen LogP contribution in [0.5, 0.6) is 0 Å². The van der Waals surface area contributed by atoms with E-state index in [1.54, 1.807) is 25.1 Å². The van der Waals surface area contributed by atoms with Crippen LogP contribution < -0.4 is 0 Å². The van der Waals surface area contributed by atoms with Crippen LogP contribution >= 0.6 is 23.2 Å². The Balaban J connectivity index is 2.48. The second-order valence-electron chi connectivity index (χ2n) is 4.37. The van der Waals surface area contributed by atoms with Gasteiger partial charge in [0.1, 0.15) is 0 Å². The zero-order valence-electron chi connectivity index (χ0n) is 11.8. The van der Waals surface area contributed by atoms with Crippen molar-refractivity contribution in [1.82, 2.24) is 4.98 Å². The first kappa shape index (κ1) is 15.8. The van der Waals surface area contributed by atoms with Crippen LogP contribution in [0.25, 0.3) is 11.3 Å². The van der Waals surface area contributed by atoms with Gasteiger partial charge in [0.15, 0.2) is 0 Å². The molecule has 21 heavy (non-hydrogen) atoms. The molecule has 0 radical (unpaired) electrons. The van der Waals surface area contributed by atoms with Crippen LogP contribution in [0, 0.1) is 0 Å². The number of hydrogen-bond acceptors (Lipinski definition) is 3. The van der Waals surface area contributed by atoms with Gasteiger partial charge in [0.05, 0.1) is 33.6 Å². The SMILES string of the molecule is CCOC(=O)c1ccc(-c2cccc(Cl)c2Cl)nc1CC. The number of halogens is 2. The number of aryl methyl sites for hydroxylation is 1. The molecular weight excluding hydrogens is 309 g/mol. The molecule has 1 aromatic heterocycles. The van der Waals surface area contributed by atoms with Gasteiger partial charge in [-0.15, -0.1) is 0 Å². The van der Waals surface area contributed by atoms with Crippen LogP contribution in [0.3, 0.4) is 0 Å². The first-order chi connectivity index (χ1) is 10.1. The summed E-state index contributed by atoms with van der Waals surface area (Å²) in [5, 5.41) is 0.932. The number of aromatic nitrogens is 1. The highest BCUT2D eigenvalue weighted by atomic mass is 35.5. The molecule has 1 aromatic carbocycles. The summed E-state index contributed by atoms with van der Waals surface area (Å²) in [6, 6.07) is 8.86. The van der Waals surface area contributed by atoms with Gasteiger partial charge in [-0.25, -0.2) is 4.79 Å². The summed E-state index contributed by atoms with van der Waals surface area (Å²) < 4.78 is 5.03. The molecule has 2 aromatic rings. The second-order valence-corrected chi connectivity index (χ2v) is 5.15. The molecular formula is C16H15Cl2NO2. The third kappa shape index (κ3) is 3.36. The van der Waals surface area contributed by atoms with E-state index < -0.39 is 0 Å². The van der Waals surface area contributed by atoms with E-state index in [2.05, 4.69) is 4.98 Å². The van der Waals surface area contributed by atoms with Gasteiger partial charge in [0.2, 0.25) is 0 Å². The average molecular weight is 324 g/mol. The van der Waals surface area contributed by atoms with E-state index in [0.717, 1.165) is 5.56 Å². The Morgan fingerprint density at radius 1 is 1.19 bits per heavy atom. The van der Waals surface area contributed by atoms with Crippen molar-refractivity contribution in [2.75, 3.05) is 6.61 Å². The van der Waals surface area contributed by atoms with Crippen molar-refractivity contribution in [2.24, 2.45) is 0 Å². The van der Waals surface area contributed by atoms with Gasteiger partial charge in [0, 0.05) is 5.56 Å². The summed E-state index contributed by atoms with van der Waals surface area (Å²) in [6.07, 6.45) is 0.625. The summed E-state index contributed by atoms with van der Waals surface area (Å²) in [5.41, 5.74) is 2.60. The van der Waals surface area contributed by atoms with Gasteiger partial charge in [0.25, 0.3) is 0 Å². The number of carbonyl (C=O) groups excluding carboxylic acids is 1. The van der Waals surface area contributed by atoms with Gasteiger partial charge in [-0.3, -0.25) is 4.98 Å². The van der Waals surface area contributed by atoms with Gasteiger partial charge in [-0.05, 0) is 31.5 Å². The first-order valence-electron chi connectivity index (χ1n) is 6.69. The molecule has 0 atom stereocenters. The van der Waals surface area contributed by atoms with Gasteiger partial charge >= 0.3 is 5.97 Å². The minimum absolute atomic E-state index is 0.337. The van der Waals surface area contributed by atoms with Crippen LogP contribution in [0.2, 0.25) is 10.0 Å². The first-order valence-corrected chi connectivity index (χ1v) is 7.45. The van der Waals surface area contributed by atoms with E-state index >= 15 is 0 Å². The number of esters is 1. The molecule has 110 valence electrons. The third-order valence-corrected chi connectivity index (χ3v) is 3.85. The lowest BCUT2D eigenvalue weighted by Crippen LogP contribution is -2.09. The number of nitrogens with zero attached hydrogens (tertiary/aromatic N) is 1. The molecule has 0 spiro atoms. The standard InChI is InChI=1S/C16H15Cl2NO2/c1-3-13-11(16(20)21-4-2)8-9-14(19-13)10-6-5-7-12(17)15(10)18/h5-9H,3-4H2,1-2H3. The predicted molar refractivity (Wildman–Crippen MR) is 85.0 cm³/mol. The summed E-state index contributed by atoms with van der Waals surface area (Å²) in [7, 11) is 0. The van der Waals surface area contributed by atoms with Crippen molar-refractivity contribution in [1.29, 1.82) is 0 Å². The molecule has 0 unspecified atom stereocenters. The molecule has 5 heteroatoms. The maximum Gasteiger partial charge on any atom is 0.339 e. The van der Waals surface area contributed by atoms with E-state index in [1.165, 1.54) is 0 Å². The second kappa shape index (κ2) is 6.92. The molecule has 2 rings (SSSR count). The van der Waals surface area contributed by atoms with Crippen LogP contribution in [0.4, 0.5) is 0 Å². The fourth-order valence-electron chi connectivity index (χ4n) is 2.02. The van der Waals surface area contributed by atoms with E-state index in [-0.39, 0.29) is 5.97 Å². The van der Waals surface area contributed by atoms with Crippen LogP contribution in [-0.2, 0) is 11.2 Å². The van der Waals surface area contributed by atoms with Crippen molar-refractivity contribution in [2.45, 2.75) is 20.3 Å². The quantitative estimate of drug-likeness (QED) is 0.759. The Bertz CT molecular complexity index is 671. The number of hydrogen-bond donors (Lipinski definition) is 0. The lowest BCUT2D eigenvalue weighted by atomic mass is 10.1. The Hall–Kier alpha value is -1.58. The smallest absolute Gasteiger partial charge is 0.339 e. The normalized spacial score (nSPS) is 10.5. The van der Waals surface area contributed by atoms with E-state index in [1.807, 2.05) is 19.1 Å². The zero-order valence-corrected chi connectivity index (χ0v) is 13.3. The lowest BCUT2D eigenvalue weighted by molar-refractivity contribution is 0.0524. The molecule has 0 saturated carbocycles. The van der Waals surface area contributed by atoms with E-state index in [0.29, 0.717) is 40.0 Å². The molecule has 0 aliphatic rings. The number of carbonyl (C=O) groups is 1. The minimum Gasteiger partial charge on any atom is -0.462 e. The fourth-order valence-corrected chi connectivity index (χ4v) is 2.41. The number of rotatable bonds is 4. The third-order valence-electron chi connectivity index (χ3n) is 3.03. The van der Waals surface area contributed by atoms with Crippen molar-refractivity contribution < 1.29 is 9.53 Å². The Labute approximate surface area is 133 Å². The number of benzene rings is 1. The maximum atomic E-state index is 11.9. The summed E-state index contributed by atoms with van der Waals surface area (Å²) in [4.78, 5) is 16.4. The summed E-state index contributed by atoms with van der Waals surface area (Å²) in [6.45, 7) is 4.05. The molecule has 0 fully saturated rings. The largest absolute Gasteiger partial charge is 0.462 e. The summed E-state index contributed by atoms with van der Waals surface area (Å²) in [5.74, 6) is -0.356. The molecule has 0 bridgehead atoms. The number of ether oxygens (including phenoxy) is 1. The van der Waals surface area contributed by atoms with Crippen molar-refractivity contribution in [3.05, 3.63) is 51.6 Å². The molecule has 0 aliphatic carbocycles. The molecule has 3 nitrogen and oxygen atoms in total. The number of pyridine rings is 1. The highest BCUT2D eigenvalue weighted by molar-refractivity contribution is 6.43. The van der Waals surface area contributed by atoms with Gasteiger partial charge < -0.3 is 4.74 Å². The maximum absolute atomic E-state index is 11.9. The zero-order chi connectivity index (χ0) is 15.4. The highest BCUT2D eigenvalue weighted by Gasteiger charge is 2.15. The van der Waals surface area contributed by atoms with Gasteiger partial charge in [-0.1, -0.05) is 42.3 Å². The lowest BCUT2D eigenvalue weighted by Gasteiger charge is -2.10. The van der Waals surface area contributed by atoms with Crippen LogP contribution in [0.15, 0.2) is 30.3 Å². The van der Waals surface area contributed by atoms with E-state index in [4.69, 9.17) is 27.9 Å². The molecule has 0 aliphatic heterocycles. The van der Waals surface area contributed by atoms with Crippen molar-refractivity contribution >= 4 is 29.2 Å². The Morgan fingerprint density at radius 2 is 1.95 bits per heavy atom. The molecule has 0 saturated heterocycles. The fraction of sp³-hybridized carbons (Fsp3) is 0.250. The van der Waals surface area contributed by atoms with Crippen molar-refractivity contribution in [3.8, 4) is 11.3 Å². The van der Waals surface area contributed by atoms with Crippen LogP contribution in [-0.4, -0.2) is 17.6 Å².